The van der Waals surface area contributed by atoms with E-state index in [0.717, 1.165) is 15.6 Å². The molecule has 0 aliphatic carbocycles. The van der Waals surface area contributed by atoms with Gasteiger partial charge in [0.25, 0.3) is 0 Å². The average molecular weight is 391 g/mol. The first-order chi connectivity index (χ1) is 8.60. The second kappa shape index (κ2) is 6.09. The van der Waals surface area contributed by atoms with Gasteiger partial charge in [-0.1, -0.05) is 49.5 Å². The lowest BCUT2D eigenvalue weighted by Gasteiger charge is -2.10. The summed E-state index contributed by atoms with van der Waals surface area (Å²) in [5, 5.41) is 1.44. The zero-order valence-corrected chi connectivity index (χ0v) is 13.6. The molecule has 0 atom stereocenters. The molecule has 0 aliphatic rings. The minimum Gasteiger partial charge on any atom is -0.456 e. The number of rotatable bonds is 3. The van der Waals surface area contributed by atoms with Gasteiger partial charge in [0.05, 0.1) is 5.02 Å². The molecule has 0 radical (unpaired) electrons. The van der Waals surface area contributed by atoms with Crippen molar-refractivity contribution in [2.45, 2.75) is 12.3 Å². The maximum absolute atomic E-state index is 6.09. The molecule has 18 heavy (non-hydrogen) atoms. The SMILES string of the molecule is Cc1cc(Oc2cc(Br)ccc2Cl)ccc1CBr. The van der Waals surface area contributed by atoms with Crippen molar-refractivity contribution in [3.63, 3.8) is 0 Å². The van der Waals surface area contributed by atoms with Crippen LogP contribution in [0.3, 0.4) is 0 Å². The first-order valence-electron chi connectivity index (χ1n) is 5.38. The molecule has 2 aromatic rings. The van der Waals surface area contributed by atoms with Gasteiger partial charge in [0, 0.05) is 9.80 Å². The third kappa shape index (κ3) is 3.28. The summed E-state index contributed by atoms with van der Waals surface area (Å²) in [5.41, 5.74) is 2.44. The van der Waals surface area contributed by atoms with E-state index in [-0.39, 0.29) is 0 Å². The second-order valence-corrected chi connectivity index (χ2v) is 5.78. The van der Waals surface area contributed by atoms with Crippen molar-refractivity contribution in [1.82, 2.24) is 0 Å². The Morgan fingerprint density at radius 1 is 1.17 bits per heavy atom. The van der Waals surface area contributed by atoms with Gasteiger partial charge in [0.2, 0.25) is 0 Å². The van der Waals surface area contributed by atoms with Crippen molar-refractivity contribution < 1.29 is 4.74 Å². The Balaban J connectivity index is 2.28. The fourth-order valence-corrected chi connectivity index (χ4v) is 2.69. The number of halogens is 3. The van der Waals surface area contributed by atoms with Crippen molar-refractivity contribution >= 4 is 43.5 Å². The van der Waals surface area contributed by atoms with Crippen LogP contribution in [0, 0.1) is 6.92 Å². The Morgan fingerprint density at radius 2 is 1.94 bits per heavy atom. The number of alkyl halides is 1. The van der Waals surface area contributed by atoms with Gasteiger partial charge in [-0.2, -0.15) is 0 Å². The maximum atomic E-state index is 6.09. The van der Waals surface area contributed by atoms with Crippen molar-refractivity contribution in [3.8, 4) is 11.5 Å². The highest BCUT2D eigenvalue weighted by molar-refractivity contribution is 9.10. The lowest BCUT2D eigenvalue weighted by Crippen LogP contribution is -1.89. The minimum absolute atomic E-state index is 0.598. The van der Waals surface area contributed by atoms with Gasteiger partial charge in [-0.15, -0.1) is 0 Å². The van der Waals surface area contributed by atoms with E-state index in [1.807, 2.05) is 30.3 Å². The van der Waals surface area contributed by atoms with Crippen LogP contribution < -0.4 is 4.74 Å². The van der Waals surface area contributed by atoms with Crippen LogP contribution in [-0.4, -0.2) is 0 Å². The van der Waals surface area contributed by atoms with E-state index in [1.165, 1.54) is 11.1 Å². The van der Waals surface area contributed by atoms with Gasteiger partial charge in [-0.3, -0.25) is 0 Å². The normalized spacial score (nSPS) is 10.4. The van der Waals surface area contributed by atoms with Crippen LogP contribution >= 0.6 is 43.5 Å². The summed E-state index contributed by atoms with van der Waals surface area (Å²) in [7, 11) is 0. The van der Waals surface area contributed by atoms with Crippen molar-refractivity contribution in [2.75, 3.05) is 0 Å². The minimum atomic E-state index is 0.598. The molecule has 0 aliphatic heterocycles. The highest BCUT2D eigenvalue weighted by Crippen LogP contribution is 2.32. The fourth-order valence-electron chi connectivity index (χ4n) is 1.56. The topological polar surface area (TPSA) is 9.23 Å². The molecule has 0 saturated carbocycles. The predicted octanol–water partition coefficient (Wildman–Crippen LogP) is 6.10. The highest BCUT2D eigenvalue weighted by atomic mass is 79.9. The summed E-state index contributed by atoms with van der Waals surface area (Å²) in [6.45, 7) is 2.06. The molecule has 94 valence electrons. The quantitative estimate of drug-likeness (QED) is 0.576. The summed E-state index contributed by atoms with van der Waals surface area (Å²) in [4.78, 5) is 0. The molecule has 0 amide bonds. The Hall–Kier alpha value is -0.510. The van der Waals surface area contributed by atoms with Crippen molar-refractivity contribution in [2.24, 2.45) is 0 Å². The van der Waals surface area contributed by atoms with Crippen LogP contribution in [0.25, 0.3) is 0 Å². The lowest BCUT2D eigenvalue weighted by molar-refractivity contribution is 0.482. The Kier molecular flexibility index (Phi) is 4.71. The second-order valence-electron chi connectivity index (χ2n) is 3.90. The summed E-state index contributed by atoms with van der Waals surface area (Å²) >= 11 is 12.9. The van der Waals surface area contributed by atoms with Crippen molar-refractivity contribution in [1.29, 1.82) is 0 Å². The molecule has 0 heterocycles. The molecule has 2 aromatic carbocycles. The van der Waals surface area contributed by atoms with Gasteiger partial charge in [-0.05, 0) is 48.4 Å². The van der Waals surface area contributed by atoms with Crippen LogP contribution in [0.1, 0.15) is 11.1 Å². The third-order valence-electron chi connectivity index (χ3n) is 2.58. The zero-order valence-electron chi connectivity index (χ0n) is 9.71. The Morgan fingerprint density at radius 3 is 2.61 bits per heavy atom. The molecule has 0 spiro atoms. The molecule has 2 rings (SSSR count). The lowest BCUT2D eigenvalue weighted by atomic mass is 10.1. The maximum Gasteiger partial charge on any atom is 0.147 e. The molecule has 0 saturated heterocycles. The third-order valence-corrected chi connectivity index (χ3v) is 3.99. The van der Waals surface area contributed by atoms with E-state index in [9.17, 15) is 0 Å². The van der Waals surface area contributed by atoms with Crippen LogP contribution in [-0.2, 0) is 5.33 Å². The summed E-state index contributed by atoms with van der Waals surface area (Å²) in [5.74, 6) is 1.44. The number of aryl methyl sites for hydroxylation is 1. The molecule has 0 aromatic heterocycles. The number of hydrogen-bond acceptors (Lipinski definition) is 1. The van der Waals surface area contributed by atoms with Gasteiger partial charge >= 0.3 is 0 Å². The van der Waals surface area contributed by atoms with Crippen LogP contribution in [0.4, 0.5) is 0 Å². The molecule has 4 heteroatoms. The molecule has 0 fully saturated rings. The summed E-state index contributed by atoms with van der Waals surface area (Å²) in [6.07, 6.45) is 0. The van der Waals surface area contributed by atoms with E-state index in [4.69, 9.17) is 16.3 Å². The molecule has 1 nitrogen and oxygen atoms in total. The summed E-state index contributed by atoms with van der Waals surface area (Å²) < 4.78 is 6.73. The largest absolute Gasteiger partial charge is 0.456 e. The monoisotopic (exact) mass is 388 g/mol. The molecule has 0 unspecified atom stereocenters. The Bertz CT molecular complexity index is 570. The van der Waals surface area contributed by atoms with Crippen LogP contribution in [0.5, 0.6) is 11.5 Å². The standard InChI is InChI=1S/C14H11Br2ClO/c1-9-6-12(4-2-10(9)8-15)18-14-7-11(16)3-5-13(14)17/h2-7H,8H2,1H3. The smallest absolute Gasteiger partial charge is 0.147 e. The predicted molar refractivity (Wildman–Crippen MR) is 83.0 cm³/mol. The molecule has 0 bridgehead atoms. The molecular weight excluding hydrogens is 379 g/mol. The molecule has 0 N–H and O–H groups in total. The van der Waals surface area contributed by atoms with Gasteiger partial charge in [-0.25, -0.2) is 0 Å². The van der Waals surface area contributed by atoms with E-state index < -0.39 is 0 Å². The zero-order chi connectivity index (χ0) is 13.1. The van der Waals surface area contributed by atoms with E-state index in [2.05, 4.69) is 38.8 Å². The molecular formula is C14H11Br2ClO. The number of benzene rings is 2. The van der Waals surface area contributed by atoms with Gasteiger partial charge in [0.1, 0.15) is 11.5 Å². The van der Waals surface area contributed by atoms with Crippen molar-refractivity contribution in [3.05, 3.63) is 57.0 Å². The van der Waals surface area contributed by atoms with Crippen LogP contribution in [0.15, 0.2) is 40.9 Å². The van der Waals surface area contributed by atoms with E-state index in [1.54, 1.807) is 6.07 Å². The number of hydrogen-bond donors (Lipinski definition) is 0. The van der Waals surface area contributed by atoms with Gasteiger partial charge in [0.15, 0.2) is 0 Å². The highest BCUT2D eigenvalue weighted by Gasteiger charge is 2.05. The Labute approximate surface area is 128 Å². The first-order valence-corrected chi connectivity index (χ1v) is 7.68. The summed E-state index contributed by atoms with van der Waals surface area (Å²) in [6, 6.07) is 11.5. The fraction of sp³-hybridized carbons (Fsp3) is 0.143. The van der Waals surface area contributed by atoms with Gasteiger partial charge < -0.3 is 4.74 Å². The van der Waals surface area contributed by atoms with E-state index >= 15 is 0 Å². The average Bonchev–Trinajstić information content (AvgIpc) is 2.34. The first kappa shape index (κ1) is 13.9. The van der Waals surface area contributed by atoms with E-state index in [0.29, 0.717) is 10.8 Å². The van der Waals surface area contributed by atoms with Crippen LogP contribution in [0.2, 0.25) is 5.02 Å². The number of ether oxygens (including phenoxy) is 1.